The summed E-state index contributed by atoms with van der Waals surface area (Å²) in [5, 5.41) is 0. The molecule has 6 heteroatoms. The van der Waals surface area contributed by atoms with Crippen molar-refractivity contribution in [3.63, 3.8) is 0 Å². The molecule has 0 aromatic carbocycles. The minimum atomic E-state index is -0.847. The Labute approximate surface area is 397 Å². The molecule has 0 unspecified atom stereocenters. The summed E-state index contributed by atoms with van der Waals surface area (Å²) in [5.41, 5.74) is 0. The third-order valence-electron chi connectivity index (χ3n) is 9.51. The van der Waals surface area contributed by atoms with Crippen LogP contribution in [0.5, 0.6) is 0 Å². The lowest BCUT2D eigenvalue weighted by Crippen LogP contribution is -2.30. The first-order valence-electron chi connectivity index (χ1n) is 25.0. The highest BCUT2D eigenvalue weighted by Gasteiger charge is 2.19. The zero-order valence-electron chi connectivity index (χ0n) is 40.9. The van der Waals surface area contributed by atoms with Gasteiger partial charge in [0, 0.05) is 19.3 Å². The number of carbonyl (C=O) groups is 3. The zero-order chi connectivity index (χ0) is 47.2. The van der Waals surface area contributed by atoms with Crippen LogP contribution in [-0.4, -0.2) is 37.2 Å². The van der Waals surface area contributed by atoms with Crippen molar-refractivity contribution < 1.29 is 28.6 Å². The number of allylic oxidation sites excluding steroid dienone is 26. The Kier molecular flexibility index (Phi) is 47.7. The lowest BCUT2D eigenvalue weighted by molar-refractivity contribution is -0.167. The molecule has 0 rings (SSSR count). The van der Waals surface area contributed by atoms with Gasteiger partial charge in [-0.3, -0.25) is 14.4 Å². The summed E-state index contributed by atoms with van der Waals surface area (Å²) < 4.78 is 16.7. The molecule has 65 heavy (non-hydrogen) atoms. The number of hydrogen-bond donors (Lipinski definition) is 0. The van der Waals surface area contributed by atoms with Gasteiger partial charge < -0.3 is 14.2 Å². The van der Waals surface area contributed by atoms with Gasteiger partial charge in [0.1, 0.15) is 13.2 Å². The van der Waals surface area contributed by atoms with E-state index in [1.54, 1.807) is 0 Å². The summed E-state index contributed by atoms with van der Waals surface area (Å²) >= 11 is 0. The van der Waals surface area contributed by atoms with E-state index < -0.39 is 6.10 Å². The minimum Gasteiger partial charge on any atom is -0.462 e. The molecule has 0 fully saturated rings. The van der Waals surface area contributed by atoms with Crippen LogP contribution in [-0.2, 0) is 28.6 Å². The highest BCUT2D eigenvalue weighted by Crippen LogP contribution is 2.09. The van der Waals surface area contributed by atoms with Crippen LogP contribution in [0.25, 0.3) is 0 Å². The van der Waals surface area contributed by atoms with Crippen molar-refractivity contribution in [1.82, 2.24) is 0 Å². The Bertz CT molecular complexity index is 1540. The van der Waals surface area contributed by atoms with Crippen molar-refractivity contribution in [1.29, 1.82) is 0 Å². The largest absolute Gasteiger partial charge is 0.462 e. The maximum absolute atomic E-state index is 12.8. The van der Waals surface area contributed by atoms with E-state index in [1.165, 1.54) is 0 Å². The second kappa shape index (κ2) is 51.7. The van der Waals surface area contributed by atoms with E-state index in [0.29, 0.717) is 19.3 Å². The zero-order valence-corrected chi connectivity index (χ0v) is 40.9. The molecule has 0 aromatic heterocycles. The summed E-state index contributed by atoms with van der Waals surface area (Å²) in [6.45, 7) is 6.13. The number of rotatable bonds is 42. The van der Waals surface area contributed by atoms with E-state index in [0.717, 1.165) is 116 Å². The maximum Gasteiger partial charge on any atom is 0.306 e. The molecule has 6 nitrogen and oxygen atoms in total. The first kappa shape index (κ1) is 60.0. The normalized spacial score (nSPS) is 13.5. The molecule has 0 heterocycles. The third-order valence-corrected chi connectivity index (χ3v) is 9.51. The Morgan fingerprint density at radius 3 is 0.862 bits per heavy atom. The maximum atomic E-state index is 12.8. The molecule has 0 aliphatic rings. The van der Waals surface area contributed by atoms with Crippen LogP contribution in [0.15, 0.2) is 158 Å². The Morgan fingerprint density at radius 2 is 0.554 bits per heavy atom. The highest BCUT2D eigenvalue weighted by molar-refractivity contribution is 5.71. The predicted molar refractivity (Wildman–Crippen MR) is 278 cm³/mol. The Hall–Kier alpha value is -4.97. The van der Waals surface area contributed by atoms with Gasteiger partial charge in [-0.15, -0.1) is 0 Å². The molecule has 0 radical (unpaired) electrons. The van der Waals surface area contributed by atoms with Crippen molar-refractivity contribution in [2.45, 2.75) is 181 Å². The summed E-state index contributed by atoms with van der Waals surface area (Å²) in [6, 6.07) is 0. The molecule has 0 aliphatic carbocycles. The van der Waals surface area contributed by atoms with Gasteiger partial charge in [0.15, 0.2) is 6.10 Å². The number of hydrogen-bond acceptors (Lipinski definition) is 6. The van der Waals surface area contributed by atoms with Gasteiger partial charge in [-0.25, -0.2) is 0 Å². The summed E-state index contributed by atoms with van der Waals surface area (Å²) in [4.78, 5) is 37.9. The van der Waals surface area contributed by atoms with Gasteiger partial charge in [-0.05, 0) is 135 Å². The van der Waals surface area contributed by atoms with Crippen LogP contribution in [0.3, 0.4) is 0 Å². The van der Waals surface area contributed by atoms with Crippen molar-refractivity contribution >= 4 is 17.9 Å². The van der Waals surface area contributed by atoms with Crippen molar-refractivity contribution in [3.05, 3.63) is 158 Å². The topological polar surface area (TPSA) is 78.9 Å². The molecule has 0 spiro atoms. The molecule has 360 valence electrons. The summed E-state index contributed by atoms with van der Waals surface area (Å²) in [5.74, 6) is -1.10. The molecule has 0 aromatic rings. The smallest absolute Gasteiger partial charge is 0.306 e. The second-order valence-corrected chi connectivity index (χ2v) is 15.6. The fourth-order valence-corrected chi connectivity index (χ4v) is 5.87. The van der Waals surface area contributed by atoms with Crippen LogP contribution in [0, 0.1) is 0 Å². The molecule has 0 N–H and O–H groups in total. The Morgan fingerprint density at radius 1 is 0.308 bits per heavy atom. The number of carbonyl (C=O) groups excluding carboxylic acids is 3. The molecule has 0 bridgehead atoms. The van der Waals surface area contributed by atoms with Gasteiger partial charge in [-0.2, -0.15) is 0 Å². The first-order chi connectivity index (χ1) is 32.0. The predicted octanol–water partition coefficient (Wildman–Crippen LogP) is 16.6. The molecular weight excluding hydrogens is 805 g/mol. The summed E-state index contributed by atoms with van der Waals surface area (Å²) in [6.07, 6.45) is 75.2. The average Bonchev–Trinajstić information content (AvgIpc) is 3.30. The molecule has 1 atom stereocenters. The standard InChI is InChI=1S/C59H88O6/c1-4-7-10-13-16-19-22-25-28-29-32-34-37-40-43-46-49-52-58(61)64-55-56(65-59(62)53-50-47-44-41-38-35-31-27-24-21-18-15-12-9-6-3)54-63-57(60)51-48-45-42-39-36-33-30-26-23-20-17-14-11-8-5-2/h7-12,16-21,25-28,30-32,34,36,38-41,43,56H,4-6,13-15,22-24,29,33,35,37,42,44-55H2,1-3H3/b10-7-,11-8-,12-9-,19-16-,20-17-,21-18-,28-25-,30-26-,31-27-,34-32-,39-36-,41-38-,43-40-/t56-/m0/s1. The lowest BCUT2D eigenvalue weighted by atomic mass is 10.1. The highest BCUT2D eigenvalue weighted by atomic mass is 16.6. The van der Waals surface area contributed by atoms with E-state index in [4.69, 9.17) is 14.2 Å². The van der Waals surface area contributed by atoms with Crippen LogP contribution < -0.4 is 0 Å². The quantitative estimate of drug-likeness (QED) is 0.0263. The second-order valence-electron chi connectivity index (χ2n) is 15.6. The van der Waals surface area contributed by atoms with E-state index in [1.807, 2.05) is 0 Å². The average molecular weight is 893 g/mol. The Balaban J connectivity index is 4.66. The van der Waals surface area contributed by atoms with Gasteiger partial charge in [0.25, 0.3) is 0 Å². The first-order valence-corrected chi connectivity index (χ1v) is 25.0. The van der Waals surface area contributed by atoms with E-state index >= 15 is 0 Å². The van der Waals surface area contributed by atoms with Crippen LogP contribution in [0.1, 0.15) is 175 Å². The number of unbranched alkanes of at least 4 members (excludes halogenated alkanes) is 5. The van der Waals surface area contributed by atoms with E-state index in [2.05, 4.69) is 179 Å². The van der Waals surface area contributed by atoms with Gasteiger partial charge in [0.05, 0.1) is 0 Å². The lowest BCUT2D eigenvalue weighted by Gasteiger charge is -2.18. The molecule has 0 saturated heterocycles. The monoisotopic (exact) mass is 893 g/mol. The van der Waals surface area contributed by atoms with E-state index in [-0.39, 0.29) is 50.4 Å². The van der Waals surface area contributed by atoms with Crippen molar-refractivity contribution in [2.24, 2.45) is 0 Å². The van der Waals surface area contributed by atoms with Gasteiger partial charge >= 0.3 is 17.9 Å². The van der Waals surface area contributed by atoms with Crippen LogP contribution in [0.2, 0.25) is 0 Å². The fourth-order valence-electron chi connectivity index (χ4n) is 5.87. The van der Waals surface area contributed by atoms with Crippen LogP contribution in [0.4, 0.5) is 0 Å². The number of esters is 3. The molecular formula is C59H88O6. The SMILES string of the molecule is CC/C=C\C/C=C\C/C=C\C/C=C\C/C=C\CCCC(=O)OC[C@H](COC(=O)CCCC/C=C\C/C=C\C/C=C\C/C=C\CC)OC(=O)CCCC/C=C\C/C=C\C/C=C\C/C=C\CC. The van der Waals surface area contributed by atoms with Gasteiger partial charge in [0.2, 0.25) is 0 Å². The van der Waals surface area contributed by atoms with Crippen molar-refractivity contribution in [3.8, 4) is 0 Å². The summed E-state index contributed by atoms with van der Waals surface area (Å²) in [7, 11) is 0. The third kappa shape index (κ3) is 49.9. The van der Waals surface area contributed by atoms with Gasteiger partial charge in [-0.1, -0.05) is 179 Å². The molecule has 0 aliphatic heterocycles. The number of ether oxygens (including phenoxy) is 3. The fraction of sp³-hybridized carbons (Fsp3) is 0.508. The van der Waals surface area contributed by atoms with E-state index in [9.17, 15) is 14.4 Å². The molecule has 0 saturated carbocycles. The van der Waals surface area contributed by atoms with Crippen LogP contribution >= 0.6 is 0 Å². The minimum absolute atomic E-state index is 0.142. The van der Waals surface area contributed by atoms with Crippen molar-refractivity contribution in [2.75, 3.05) is 13.2 Å². The molecule has 0 amide bonds.